The van der Waals surface area contributed by atoms with E-state index in [4.69, 9.17) is 16.3 Å². The lowest BCUT2D eigenvalue weighted by Gasteiger charge is -2.26. The predicted octanol–water partition coefficient (Wildman–Crippen LogP) is 4.86. The van der Waals surface area contributed by atoms with Crippen LogP contribution in [-0.2, 0) is 16.2 Å². The van der Waals surface area contributed by atoms with Crippen LogP contribution >= 0.6 is 11.6 Å². The highest BCUT2D eigenvalue weighted by Gasteiger charge is 2.37. The van der Waals surface area contributed by atoms with Gasteiger partial charge in [0.2, 0.25) is 0 Å². The second kappa shape index (κ2) is 9.22. The number of benzene rings is 3. The summed E-state index contributed by atoms with van der Waals surface area (Å²) in [6.07, 6.45) is 1.23. The van der Waals surface area contributed by atoms with Crippen molar-refractivity contribution in [2.75, 3.05) is 4.90 Å². The molecule has 3 aromatic rings. The fourth-order valence-electron chi connectivity index (χ4n) is 3.17. The fourth-order valence-corrected chi connectivity index (χ4v) is 3.41. The van der Waals surface area contributed by atoms with Gasteiger partial charge in [-0.2, -0.15) is 0 Å². The van der Waals surface area contributed by atoms with Crippen molar-refractivity contribution in [3.8, 4) is 5.75 Å². The Morgan fingerprint density at radius 3 is 2.33 bits per heavy atom. The lowest BCUT2D eigenvalue weighted by molar-refractivity contribution is -0.122. The summed E-state index contributed by atoms with van der Waals surface area (Å²) in [4.78, 5) is 37.9. The smallest absolute Gasteiger partial charge is 0.336 e. The average molecular weight is 469 g/mol. The number of urea groups is 1. The molecular formula is C24H15ClF2N2O4. The third-order valence-electron chi connectivity index (χ3n) is 4.80. The molecule has 1 saturated heterocycles. The summed E-state index contributed by atoms with van der Waals surface area (Å²) in [6, 6.07) is 14.8. The number of carbonyl (C=O) groups is 3. The monoisotopic (exact) mass is 468 g/mol. The zero-order valence-corrected chi connectivity index (χ0v) is 17.6. The number of ether oxygens (including phenoxy) is 1. The molecule has 1 heterocycles. The summed E-state index contributed by atoms with van der Waals surface area (Å²) in [7, 11) is 0. The van der Waals surface area contributed by atoms with Gasteiger partial charge in [0.1, 0.15) is 29.6 Å². The first-order valence-electron chi connectivity index (χ1n) is 9.67. The van der Waals surface area contributed by atoms with Crippen molar-refractivity contribution in [1.29, 1.82) is 0 Å². The van der Waals surface area contributed by atoms with Gasteiger partial charge in [-0.3, -0.25) is 14.9 Å². The minimum absolute atomic E-state index is 0.0482. The largest absolute Gasteiger partial charge is 0.487 e. The van der Waals surface area contributed by atoms with Crippen LogP contribution < -0.4 is 15.0 Å². The molecule has 0 unspecified atom stereocenters. The fraction of sp³-hybridized carbons (Fsp3) is 0.0417. The van der Waals surface area contributed by atoms with E-state index < -0.39 is 29.5 Å². The molecule has 166 valence electrons. The van der Waals surface area contributed by atoms with Crippen LogP contribution in [0.5, 0.6) is 5.75 Å². The Morgan fingerprint density at radius 2 is 1.64 bits per heavy atom. The van der Waals surface area contributed by atoms with Crippen LogP contribution in [0.15, 0.2) is 72.3 Å². The van der Waals surface area contributed by atoms with Gasteiger partial charge < -0.3 is 4.74 Å². The molecule has 3 aromatic carbocycles. The van der Waals surface area contributed by atoms with E-state index in [0.29, 0.717) is 16.0 Å². The van der Waals surface area contributed by atoms with Crippen LogP contribution in [0.3, 0.4) is 0 Å². The lowest BCUT2D eigenvalue weighted by Crippen LogP contribution is -2.54. The van der Waals surface area contributed by atoms with Gasteiger partial charge in [-0.05, 0) is 42.0 Å². The van der Waals surface area contributed by atoms with E-state index in [0.717, 1.165) is 6.07 Å². The maximum atomic E-state index is 14.2. The van der Waals surface area contributed by atoms with E-state index in [1.807, 2.05) is 5.32 Å². The molecule has 4 rings (SSSR count). The molecule has 0 bridgehead atoms. The Kier molecular flexibility index (Phi) is 6.19. The first-order chi connectivity index (χ1) is 15.8. The molecule has 0 aliphatic carbocycles. The highest BCUT2D eigenvalue weighted by molar-refractivity contribution is 6.39. The highest BCUT2D eigenvalue weighted by atomic mass is 35.5. The number of hydrogen-bond donors (Lipinski definition) is 1. The van der Waals surface area contributed by atoms with Crippen LogP contribution in [0.4, 0.5) is 19.3 Å². The molecule has 1 aliphatic rings. The number of nitrogens with one attached hydrogen (secondary N) is 1. The summed E-state index contributed by atoms with van der Waals surface area (Å²) >= 11 is 6.25. The van der Waals surface area contributed by atoms with Gasteiger partial charge in [-0.1, -0.05) is 48.0 Å². The summed E-state index contributed by atoms with van der Waals surface area (Å²) in [5.74, 6) is -2.84. The van der Waals surface area contributed by atoms with E-state index >= 15 is 0 Å². The quantitative estimate of drug-likeness (QED) is 0.428. The van der Waals surface area contributed by atoms with E-state index in [1.54, 1.807) is 18.2 Å². The molecule has 33 heavy (non-hydrogen) atoms. The number of nitrogens with zero attached hydrogens (tertiary/aromatic N) is 1. The minimum atomic E-state index is -1.05. The number of imide groups is 2. The molecule has 6 nitrogen and oxygen atoms in total. The summed E-state index contributed by atoms with van der Waals surface area (Å²) < 4.78 is 33.5. The molecule has 0 radical (unpaired) electrons. The number of anilines is 1. The van der Waals surface area contributed by atoms with Gasteiger partial charge in [-0.25, -0.2) is 18.5 Å². The Morgan fingerprint density at radius 1 is 0.939 bits per heavy atom. The summed E-state index contributed by atoms with van der Waals surface area (Å²) in [5, 5.41) is 2.18. The molecule has 0 atom stereocenters. The van der Waals surface area contributed by atoms with Crippen LogP contribution in [-0.4, -0.2) is 17.8 Å². The van der Waals surface area contributed by atoms with Crippen LogP contribution in [0.2, 0.25) is 5.02 Å². The lowest BCUT2D eigenvalue weighted by atomic mass is 10.1. The number of para-hydroxylation sites is 1. The predicted molar refractivity (Wildman–Crippen MR) is 118 cm³/mol. The minimum Gasteiger partial charge on any atom is -0.487 e. The van der Waals surface area contributed by atoms with Crippen molar-refractivity contribution in [1.82, 2.24) is 5.32 Å². The number of halogens is 3. The molecule has 0 aromatic heterocycles. The Labute approximate surface area is 192 Å². The Bertz CT molecular complexity index is 1310. The van der Waals surface area contributed by atoms with Gasteiger partial charge >= 0.3 is 6.03 Å². The van der Waals surface area contributed by atoms with Crippen molar-refractivity contribution in [2.24, 2.45) is 0 Å². The van der Waals surface area contributed by atoms with E-state index in [-0.39, 0.29) is 28.6 Å². The molecule has 4 amide bonds. The van der Waals surface area contributed by atoms with Crippen LogP contribution in [0.25, 0.3) is 6.08 Å². The number of amides is 4. The second-order valence-corrected chi connectivity index (χ2v) is 7.39. The van der Waals surface area contributed by atoms with Crippen molar-refractivity contribution < 1.29 is 27.9 Å². The average Bonchev–Trinajstić information content (AvgIpc) is 2.78. The van der Waals surface area contributed by atoms with E-state index in [2.05, 4.69) is 0 Å². The van der Waals surface area contributed by atoms with Crippen molar-refractivity contribution >= 4 is 41.2 Å². The number of carbonyl (C=O) groups excluding carboxylic acids is 3. The molecule has 1 N–H and O–H groups in total. The molecular weight excluding hydrogens is 454 g/mol. The summed E-state index contributed by atoms with van der Waals surface area (Å²) in [6.45, 7) is -0.0482. The molecule has 1 aliphatic heterocycles. The first-order valence-corrected chi connectivity index (χ1v) is 10.0. The molecule has 0 saturated carbocycles. The van der Waals surface area contributed by atoms with Crippen LogP contribution in [0.1, 0.15) is 11.1 Å². The van der Waals surface area contributed by atoms with Gasteiger partial charge in [0, 0.05) is 5.56 Å². The van der Waals surface area contributed by atoms with Gasteiger partial charge in [0.25, 0.3) is 11.8 Å². The van der Waals surface area contributed by atoms with Gasteiger partial charge in [0.05, 0.1) is 10.7 Å². The Balaban J connectivity index is 1.58. The first kappa shape index (κ1) is 22.2. The zero-order valence-electron chi connectivity index (χ0n) is 16.8. The highest BCUT2D eigenvalue weighted by Crippen LogP contribution is 2.29. The number of hydrogen-bond acceptors (Lipinski definition) is 4. The third kappa shape index (κ3) is 4.61. The van der Waals surface area contributed by atoms with Gasteiger partial charge in [-0.15, -0.1) is 0 Å². The van der Waals surface area contributed by atoms with E-state index in [1.165, 1.54) is 48.5 Å². The van der Waals surface area contributed by atoms with Crippen molar-refractivity contribution in [3.63, 3.8) is 0 Å². The molecule has 1 fully saturated rings. The third-order valence-corrected chi connectivity index (χ3v) is 5.10. The molecule has 0 spiro atoms. The summed E-state index contributed by atoms with van der Waals surface area (Å²) in [5.41, 5.74) is 0.0454. The van der Waals surface area contributed by atoms with Crippen molar-refractivity contribution in [2.45, 2.75) is 6.61 Å². The molecule has 9 heteroatoms. The maximum absolute atomic E-state index is 14.2. The van der Waals surface area contributed by atoms with Crippen molar-refractivity contribution in [3.05, 3.63) is 100 Å². The van der Waals surface area contributed by atoms with E-state index in [9.17, 15) is 23.2 Å². The number of rotatable bonds is 5. The zero-order chi connectivity index (χ0) is 23.5. The topological polar surface area (TPSA) is 75.7 Å². The second-order valence-electron chi connectivity index (χ2n) is 6.98. The normalized spacial score (nSPS) is 15.1. The Hall–Kier alpha value is -4.04. The maximum Gasteiger partial charge on any atom is 0.336 e. The SMILES string of the molecule is O=C1NC(=O)N(c2ccccc2F)C(=O)/C1=C\c1ccc(OCc2ccccc2F)c(Cl)c1. The van der Waals surface area contributed by atoms with Gasteiger partial charge in [0.15, 0.2) is 0 Å². The standard InChI is InChI=1S/C24H15ClF2N2O4/c25-17-12-14(9-10-21(17)33-13-15-5-1-2-6-18(15)26)11-16-22(30)28-24(32)29(23(16)31)20-8-4-3-7-19(20)27/h1-12H,13H2,(H,28,30,32)/b16-11-. The van der Waals surface area contributed by atoms with Crippen LogP contribution in [0, 0.1) is 11.6 Å². The number of barbiturate groups is 1.